The van der Waals surface area contributed by atoms with Crippen LogP contribution >= 0.6 is 0 Å². The van der Waals surface area contributed by atoms with Gasteiger partial charge in [-0.2, -0.15) is 0 Å². The molecule has 2 aliphatic heterocycles. The zero-order valence-electron chi connectivity index (χ0n) is 16.1. The molecule has 0 spiro atoms. The number of piperazine rings is 1. The first kappa shape index (κ1) is 18.1. The van der Waals surface area contributed by atoms with Crippen molar-refractivity contribution in [1.29, 1.82) is 0 Å². The van der Waals surface area contributed by atoms with Crippen LogP contribution in [0.1, 0.15) is 24.2 Å². The number of hydrogen-bond donors (Lipinski definition) is 1. The molecule has 144 valence electrons. The highest BCUT2D eigenvalue weighted by Crippen LogP contribution is 2.31. The molecule has 0 radical (unpaired) electrons. The lowest BCUT2D eigenvalue weighted by molar-refractivity contribution is 0.109. The van der Waals surface area contributed by atoms with E-state index in [1.54, 1.807) is 7.11 Å². The van der Waals surface area contributed by atoms with Crippen LogP contribution in [-0.4, -0.2) is 55.9 Å². The average Bonchev–Trinajstić information content (AvgIpc) is 3.07. The molecule has 1 saturated heterocycles. The molecule has 0 bridgehead atoms. The third-order valence-electron chi connectivity index (χ3n) is 5.53. The second-order valence-corrected chi connectivity index (χ2v) is 7.50. The number of aliphatic hydroxyl groups excluding tert-OH is 1. The normalized spacial score (nSPS) is 20.9. The molecule has 2 aromatic rings. The molecule has 27 heavy (non-hydrogen) atoms. The van der Waals surface area contributed by atoms with Gasteiger partial charge in [0.1, 0.15) is 17.6 Å². The molecule has 2 atom stereocenters. The highest BCUT2D eigenvalue weighted by Gasteiger charge is 2.23. The van der Waals surface area contributed by atoms with E-state index in [2.05, 4.69) is 34.9 Å². The van der Waals surface area contributed by atoms with E-state index in [1.165, 1.54) is 11.3 Å². The van der Waals surface area contributed by atoms with Crippen molar-refractivity contribution in [3.63, 3.8) is 0 Å². The van der Waals surface area contributed by atoms with Crippen LogP contribution in [0.2, 0.25) is 0 Å². The standard InChI is InChI=1S/C22H28N2O3/c1-16-12-18-13-17(6-7-22(18)27-16)21(25)15-23-8-10-24(11-9-23)19-4-3-5-20(14-19)26-2/h3-7,13-14,16,21,25H,8-12,15H2,1-2H3. The topological polar surface area (TPSA) is 45.2 Å². The number of aliphatic hydroxyl groups is 1. The van der Waals surface area contributed by atoms with Crippen molar-refractivity contribution in [2.45, 2.75) is 25.6 Å². The van der Waals surface area contributed by atoms with Crippen molar-refractivity contribution in [3.8, 4) is 11.5 Å². The van der Waals surface area contributed by atoms with Gasteiger partial charge in [-0.1, -0.05) is 12.1 Å². The summed E-state index contributed by atoms with van der Waals surface area (Å²) in [6, 6.07) is 14.3. The Labute approximate surface area is 161 Å². The summed E-state index contributed by atoms with van der Waals surface area (Å²) in [4.78, 5) is 4.72. The molecular formula is C22H28N2O3. The van der Waals surface area contributed by atoms with Gasteiger partial charge in [-0.25, -0.2) is 0 Å². The number of benzene rings is 2. The van der Waals surface area contributed by atoms with Gasteiger partial charge in [0.15, 0.2) is 0 Å². The first-order valence-electron chi connectivity index (χ1n) is 9.71. The zero-order chi connectivity index (χ0) is 18.8. The van der Waals surface area contributed by atoms with Crippen LogP contribution in [0.15, 0.2) is 42.5 Å². The summed E-state index contributed by atoms with van der Waals surface area (Å²) in [6.07, 6.45) is 0.696. The van der Waals surface area contributed by atoms with Gasteiger partial charge in [0, 0.05) is 50.9 Å². The first-order chi connectivity index (χ1) is 13.1. The second-order valence-electron chi connectivity index (χ2n) is 7.50. The van der Waals surface area contributed by atoms with Crippen LogP contribution in [0.5, 0.6) is 11.5 Å². The third kappa shape index (κ3) is 4.04. The van der Waals surface area contributed by atoms with E-state index in [1.807, 2.05) is 24.3 Å². The van der Waals surface area contributed by atoms with Crippen LogP contribution in [-0.2, 0) is 6.42 Å². The Morgan fingerprint density at radius 2 is 1.96 bits per heavy atom. The van der Waals surface area contributed by atoms with E-state index in [9.17, 15) is 5.11 Å². The number of rotatable bonds is 5. The smallest absolute Gasteiger partial charge is 0.123 e. The first-order valence-corrected chi connectivity index (χ1v) is 9.71. The lowest BCUT2D eigenvalue weighted by Crippen LogP contribution is -2.47. The molecule has 0 aromatic heterocycles. The summed E-state index contributed by atoms with van der Waals surface area (Å²) in [6.45, 7) is 6.54. The maximum atomic E-state index is 10.7. The number of hydrogen-bond acceptors (Lipinski definition) is 5. The molecule has 0 saturated carbocycles. The fourth-order valence-corrected chi connectivity index (χ4v) is 4.00. The van der Waals surface area contributed by atoms with Crippen LogP contribution in [0.4, 0.5) is 5.69 Å². The monoisotopic (exact) mass is 368 g/mol. The van der Waals surface area contributed by atoms with Crippen molar-refractivity contribution >= 4 is 5.69 Å². The zero-order valence-corrected chi connectivity index (χ0v) is 16.1. The van der Waals surface area contributed by atoms with Crippen molar-refractivity contribution in [3.05, 3.63) is 53.6 Å². The van der Waals surface area contributed by atoms with Crippen LogP contribution in [0, 0.1) is 0 Å². The second kappa shape index (κ2) is 7.79. The Balaban J connectivity index is 1.33. The lowest BCUT2D eigenvalue weighted by atomic mass is 10.0. The van der Waals surface area contributed by atoms with E-state index in [4.69, 9.17) is 9.47 Å². The van der Waals surface area contributed by atoms with Gasteiger partial charge in [0.25, 0.3) is 0 Å². The van der Waals surface area contributed by atoms with E-state index >= 15 is 0 Å². The number of ether oxygens (including phenoxy) is 2. The Morgan fingerprint density at radius 1 is 1.15 bits per heavy atom. The van der Waals surface area contributed by atoms with E-state index in [0.717, 1.165) is 49.7 Å². The van der Waals surface area contributed by atoms with Gasteiger partial charge in [-0.3, -0.25) is 4.90 Å². The van der Waals surface area contributed by atoms with E-state index in [-0.39, 0.29) is 6.10 Å². The maximum Gasteiger partial charge on any atom is 0.123 e. The molecule has 2 unspecified atom stereocenters. The summed E-state index contributed by atoms with van der Waals surface area (Å²) < 4.78 is 11.1. The maximum absolute atomic E-state index is 10.7. The summed E-state index contributed by atoms with van der Waals surface area (Å²) in [7, 11) is 1.70. The van der Waals surface area contributed by atoms with Crippen LogP contribution in [0.3, 0.4) is 0 Å². The molecule has 1 fully saturated rings. The van der Waals surface area contributed by atoms with Gasteiger partial charge >= 0.3 is 0 Å². The molecule has 5 nitrogen and oxygen atoms in total. The number of anilines is 1. The molecule has 1 N–H and O–H groups in total. The molecule has 5 heteroatoms. The minimum atomic E-state index is -0.463. The average molecular weight is 368 g/mol. The minimum absolute atomic E-state index is 0.233. The largest absolute Gasteiger partial charge is 0.497 e. The third-order valence-corrected chi connectivity index (χ3v) is 5.53. The number of methoxy groups -OCH3 is 1. The van der Waals surface area contributed by atoms with Crippen molar-refractivity contribution in [2.24, 2.45) is 0 Å². The Bertz CT molecular complexity index is 787. The Hall–Kier alpha value is -2.24. The van der Waals surface area contributed by atoms with Crippen molar-refractivity contribution in [1.82, 2.24) is 4.90 Å². The van der Waals surface area contributed by atoms with E-state index < -0.39 is 6.10 Å². The van der Waals surface area contributed by atoms with E-state index in [0.29, 0.717) is 6.54 Å². The molecule has 4 rings (SSSR count). The molecule has 2 aromatic carbocycles. The molecular weight excluding hydrogens is 340 g/mol. The molecule has 2 aliphatic rings. The summed E-state index contributed by atoms with van der Waals surface area (Å²) in [5.74, 6) is 1.85. The Kier molecular flexibility index (Phi) is 5.23. The minimum Gasteiger partial charge on any atom is -0.497 e. The predicted molar refractivity (Wildman–Crippen MR) is 107 cm³/mol. The highest BCUT2D eigenvalue weighted by atomic mass is 16.5. The molecule has 2 heterocycles. The number of fused-ring (bicyclic) bond motifs is 1. The SMILES string of the molecule is COc1cccc(N2CCN(CC(O)c3ccc4c(c3)CC(C)O4)CC2)c1. The van der Waals surface area contributed by atoms with Crippen LogP contribution < -0.4 is 14.4 Å². The number of β-amino-alcohol motifs (C(OH)–C–C–N with tert-alkyl or cyclic N) is 1. The lowest BCUT2D eigenvalue weighted by Gasteiger charge is -2.37. The fraction of sp³-hybridized carbons (Fsp3) is 0.455. The molecule has 0 aliphatic carbocycles. The Morgan fingerprint density at radius 3 is 2.74 bits per heavy atom. The van der Waals surface area contributed by atoms with Gasteiger partial charge < -0.3 is 19.5 Å². The number of nitrogens with zero attached hydrogens (tertiary/aromatic N) is 2. The summed E-state index contributed by atoms with van der Waals surface area (Å²) >= 11 is 0. The fourth-order valence-electron chi connectivity index (χ4n) is 4.00. The highest BCUT2D eigenvalue weighted by molar-refractivity contribution is 5.51. The van der Waals surface area contributed by atoms with Gasteiger partial charge in [0.05, 0.1) is 13.2 Å². The van der Waals surface area contributed by atoms with Gasteiger partial charge in [0.2, 0.25) is 0 Å². The van der Waals surface area contributed by atoms with Gasteiger partial charge in [-0.15, -0.1) is 0 Å². The van der Waals surface area contributed by atoms with Crippen molar-refractivity contribution < 1.29 is 14.6 Å². The quantitative estimate of drug-likeness (QED) is 0.879. The van der Waals surface area contributed by atoms with Gasteiger partial charge in [-0.05, 0) is 42.3 Å². The van der Waals surface area contributed by atoms with Crippen LogP contribution in [0.25, 0.3) is 0 Å². The summed E-state index contributed by atoms with van der Waals surface area (Å²) in [5, 5.41) is 10.7. The molecule has 0 amide bonds. The predicted octanol–water partition coefficient (Wildman–Crippen LogP) is 2.87. The summed E-state index contributed by atoms with van der Waals surface area (Å²) in [5.41, 5.74) is 3.39. The van der Waals surface area contributed by atoms with Crippen molar-refractivity contribution in [2.75, 3.05) is 44.7 Å².